The number of rotatable bonds is 6. The first-order valence-corrected chi connectivity index (χ1v) is 5.83. The van der Waals surface area contributed by atoms with Crippen molar-refractivity contribution >= 4 is 12.0 Å². The van der Waals surface area contributed by atoms with E-state index in [1.807, 2.05) is 0 Å². The highest BCUT2D eigenvalue weighted by atomic mass is 19.3. The lowest BCUT2D eigenvalue weighted by Crippen LogP contribution is -2.30. The summed E-state index contributed by atoms with van der Waals surface area (Å²) in [5.74, 6) is -0.631. The van der Waals surface area contributed by atoms with Crippen LogP contribution in [0.25, 0.3) is 6.08 Å². The average molecular weight is 291 g/mol. The monoisotopic (exact) mass is 291 g/mol. The Bertz CT molecular complexity index is 587. The highest BCUT2D eigenvalue weighted by Gasteiger charge is 2.10. The van der Waals surface area contributed by atoms with E-state index >= 15 is 0 Å². The van der Waals surface area contributed by atoms with E-state index < -0.39 is 12.5 Å². The molecular weight excluding hydrogens is 280 g/mol. The Morgan fingerprint density at radius 2 is 1.90 bits per heavy atom. The fraction of sp³-hybridized carbons (Fsp3) is 0.214. The standard InChI is InChI=1S/C14H11F2N3O2/c15-14(16)21-12-4-2-1-3-11(12)5-6-13(20)19(9-7-17)10-8-18/h1-6,14H,9-10H2. The molecule has 0 aliphatic rings. The van der Waals surface area contributed by atoms with E-state index in [4.69, 9.17) is 10.5 Å². The highest BCUT2D eigenvalue weighted by Crippen LogP contribution is 2.21. The number of hydrogen-bond donors (Lipinski definition) is 0. The molecule has 7 heteroatoms. The minimum atomic E-state index is -2.97. The number of amides is 1. The van der Waals surface area contributed by atoms with Gasteiger partial charge in [-0.2, -0.15) is 19.3 Å². The maximum absolute atomic E-state index is 12.2. The molecule has 0 spiro atoms. The van der Waals surface area contributed by atoms with Crippen molar-refractivity contribution in [3.63, 3.8) is 0 Å². The highest BCUT2D eigenvalue weighted by molar-refractivity contribution is 5.92. The second-order valence-corrected chi connectivity index (χ2v) is 3.76. The molecule has 0 aliphatic heterocycles. The zero-order chi connectivity index (χ0) is 15.7. The third-order valence-corrected chi connectivity index (χ3v) is 2.38. The molecule has 0 saturated carbocycles. The van der Waals surface area contributed by atoms with Gasteiger partial charge >= 0.3 is 6.61 Å². The van der Waals surface area contributed by atoms with Crippen molar-refractivity contribution in [2.45, 2.75) is 6.61 Å². The Morgan fingerprint density at radius 1 is 1.29 bits per heavy atom. The van der Waals surface area contributed by atoms with E-state index in [9.17, 15) is 13.6 Å². The van der Waals surface area contributed by atoms with Crippen molar-refractivity contribution in [1.82, 2.24) is 4.90 Å². The summed E-state index contributed by atoms with van der Waals surface area (Å²) in [6.07, 6.45) is 2.39. The maximum atomic E-state index is 12.2. The molecule has 5 nitrogen and oxygen atoms in total. The molecule has 0 aromatic heterocycles. The Labute approximate surface area is 120 Å². The smallest absolute Gasteiger partial charge is 0.387 e. The van der Waals surface area contributed by atoms with Crippen LogP contribution in [0.4, 0.5) is 8.78 Å². The topological polar surface area (TPSA) is 77.1 Å². The van der Waals surface area contributed by atoms with E-state index in [0.29, 0.717) is 5.56 Å². The number of alkyl halides is 2. The van der Waals surface area contributed by atoms with E-state index in [0.717, 1.165) is 11.0 Å². The lowest BCUT2D eigenvalue weighted by atomic mass is 10.2. The van der Waals surface area contributed by atoms with Crippen LogP contribution < -0.4 is 4.74 Å². The lowest BCUT2D eigenvalue weighted by molar-refractivity contribution is -0.124. The zero-order valence-corrected chi connectivity index (χ0v) is 10.9. The second-order valence-electron chi connectivity index (χ2n) is 3.76. The second kappa shape index (κ2) is 8.28. The van der Waals surface area contributed by atoms with Crippen molar-refractivity contribution in [2.75, 3.05) is 13.1 Å². The van der Waals surface area contributed by atoms with Crippen molar-refractivity contribution in [1.29, 1.82) is 10.5 Å². The van der Waals surface area contributed by atoms with Crippen LogP contribution >= 0.6 is 0 Å². The van der Waals surface area contributed by atoms with Crippen LogP contribution in [0, 0.1) is 22.7 Å². The largest absolute Gasteiger partial charge is 0.434 e. The van der Waals surface area contributed by atoms with Crippen molar-refractivity contribution < 1.29 is 18.3 Å². The van der Waals surface area contributed by atoms with Crippen LogP contribution in [0.3, 0.4) is 0 Å². The summed E-state index contributed by atoms with van der Waals surface area (Å²) in [6.45, 7) is -3.43. The molecule has 0 saturated heterocycles. The van der Waals surface area contributed by atoms with E-state index in [1.54, 1.807) is 18.2 Å². The minimum absolute atomic E-state index is 0.0660. The van der Waals surface area contributed by atoms with Gasteiger partial charge in [0.1, 0.15) is 18.8 Å². The van der Waals surface area contributed by atoms with Crippen LogP contribution in [0.15, 0.2) is 30.3 Å². The van der Waals surface area contributed by atoms with Crippen LogP contribution in [-0.4, -0.2) is 30.5 Å². The van der Waals surface area contributed by atoms with E-state index in [2.05, 4.69) is 4.74 Å². The van der Waals surface area contributed by atoms with Crippen LogP contribution in [-0.2, 0) is 4.79 Å². The molecule has 0 fully saturated rings. The Hall–Kier alpha value is -2.93. The molecule has 108 valence electrons. The Balaban J connectivity index is 2.87. The predicted molar refractivity (Wildman–Crippen MR) is 69.9 cm³/mol. The maximum Gasteiger partial charge on any atom is 0.387 e. The fourth-order valence-corrected chi connectivity index (χ4v) is 1.47. The normalized spacial score (nSPS) is 10.1. The molecule has 0 aliphatic carbocycles. The molecule has 0 atom stereocenters. The molecule has 0 radical (unpaired) electrons. The molecule has 1 amide bonds. The lowest BCUT2D eigenvalue weighted by Gasteiger charge is -2.13. The van der Waals surface area contributed by atoms with Gasteiger partial charge in [-0.15, -0.1) is 0 Å². The van der Waals surface area contributed by atoms with Crippen molar-refractivity contribution in [2.24, 2.45) is 0 Å². The number of benzene rings is 1. The molecule has 1 aromatic rings. The Morgan fingerprint density at radius 3 is 2.48 bits per heavy atom. The van der Waals surface area contributed by atoms with Gasteiger partial charge in [0.15, 0.2) is 0 Å². The number of carbonyl (C=O) groups is 1. The number of ether oxygens (including phenoxy) is 1. The first kappa shape index (κ1) is 16.1. The van der Waals surface area contributed by atoms with Crippen LogP contribution in [0.5, 0.6) is 5.75 Å². The predicted octanol–water partition coefficient (Wildman–Crippen LogP) is 2.18. The molecule has 21 heavy (non-hydrogen) atoms. The molecular formula is C14H11F2N3O2. The van der Waals surface area contributed by atoms with Gasteiger partial charge < -0.3 is 9.64 Å². The summed E-state index contributed by atoms with van der Waals surface area (Å²) in [5.41, 5.74) is 0.292. The number of carbonyl (C=O) groups excluding carboxylic acids is 1. The van der Waals surface area contributed by atoms with E-state index in [-0.39, 0.29) is 18.8 Å². The molecule has 0 N–H and O–H groups in total. The van der Waals surface area contributed by atoms with Crippen molar-refractivity contribution in [3.05, 3.63) is 35.9 Å². The quantitative estimate of drug-likeness (QED) is 0.594. The van der Waals surface area contributed by atoms with Gasteiger partial charge in [-0.25, -0.2) is 0 Å². The van der Waals surface area contributed by atoms with Crippen molar-refractivity contribution in [3.8, 4) is 17.9 Å². The SMILES string of the molecule is N#CCN(CC#N)C(=O)C=Cc1ccccc1OC(F)F. The molecule has 0 unspecified atom stereocenters. The Kier molecular flexibility index (Phi) is 6.36. The van der Waals surface area contributed by atoms with E-state index in [1.165, 1.54) is 24.3 Å². The van der Waals surface area contributed by atoms with Gasteiger partial charge in [0.25, 0.3) is 0 Å². The zero-order valence-electron chi connectivity index (χ0n) is 10.9. The first-order valence-electron chi connectivity index (χ1n) is 5.83. The van der Waals surface area contributed by atoms with Gasteiger partial charge in [0.2, 0.25) is 5.91 Å². The molecule has 0 heterocycles. The summed E-state index contributed by atoms with van der Waals surface area (Å²) < 4.78 is 28.8. The molecule has 0 bridgehead atoms. The fourth-order valence-electron chi connectivity index (χ4n) is 1.47. The number of hydrogen-bond acceptors (Lipinski definition) is 4. The minimum Gasteiger partial charge on any atom is -0.434 e. The average Bonchev–Trinajstić information content (AvgIpc) is 2.45. The summed E-state index contributed by atoms with van der Waals surface area (Å²) in [4.78, 5) is 12.8. The van der Waals surface area contributed by atoms with Gasteiger partial charge in [-0.3, -0.25) is 4.79 Å². The van der Waals surface area contributed by atoms with Gasteiger partial charge in [-0.05, 0) is 12.1 Å². The number of nitrogens with zero attached hydrogens (tertiary/aromatic N) is 3. The van der Waals surface area contributed by atoms with Gasteiger partial charge in [-0.1, -0.05) is 18.2 Å². The first-order chi connectivity index (χ1) is 10.1. The number of nitriles is 2. The summed E-state index contributed by atoms with van der Waals surface area (Å²) >= 11 is 0. The third kappa shape index (κ3) is 5.29. The van der Waals surface area contributed by atoms with Crippen LogP contribution in [0.1, 0.15) is 5.56 Å². The summed E-state index contributed by atoms with van der Waals surface area (Å²) in [5, 5.41) is 17.1. The summed E-state index contributed by atoms with van der Waals surface area (Å²) in [7, 11) is 0. The van der Waals surface area contributed by atoms with Crippen LogP contribution in [0.2, 0.25) is 0 Å². The third-order valence-electron chi connectivity index (χ3n) is 2.38. The van der Waals surface area contributed by atoms with Gasteiger partial charge in [0, 0.05) is 11.6 Å². The van der Waals surface area contributed by atoms with Gasteiger partial charge in [0.05, 0.1) is 12.1 Å². The number of para-hydroxylation sites is 1. The number of halogens is 2. The summed E-state index contributed by atoms with van der Waals surface area (Å²) in [6, 6.07) is 9.50. The molecule has 1 rings (SSSR count). The molecule has 1 aromatic carbocycles.